The molecule has 9 nitrogen and oxygen atoms in total. The number of nitro groups is 1. The Morgan fingerprint density at radius 1 is 1.41 bits per heavy atom. The molecule has 0 saturated carbocycles. The first-order valence-corrected chi connectivity index (χ1v) is 9.90. The van der Waals surface area contributed by atoms with E-state index in [4.69, 9.17) is 10.5 Å². The van der Waals surface area contributed by atoms with Crippen LogP contribution in [0.15, 0.2) is 24.3 Å². The highest BCUT2D eigenvalue weighted by atomic mass is 32.1. The number of rotatable bonds is 8. The lowest BCUT2D eigenvalue weighted by Crippen LogP contribution is -2.61. The molecule has 1 heterocycles. The van der Waals surface area contributed by atoms with Crippen LogP contribution in [0.2, 0.25) is 0 Å². The average Bonchev–Trinajstić information content (AvgIpc) is 3.02. The Bertz CT molecular complexity index is 757. The molecule has 0 radical (unpaired) electrons. The second-order valence-corrected chi connectivity index (χ2v) is 8.47. The molecule has 0 bridgehead atoms. The third kappa shape index (κ3) is 4.99. The van der Waals surface area contributed by atoms with Gasteiger partial charge in [-0.2, -0.15) is 12.6 Å². The summed E-state index contributed by atoms with van der Waals surface area (Å²) in [5.41, 5.74) is 4.85. The van der Waals surface area contributed by atoms with Crippen LogP contribution in [0.3, 0.4) is 0 Å². The van der Waals surface area contributed by atoms with Gasteiger partial charge in [0.2, 0.25) is 5.91 Å². The van der Waals surface area contributed by atoms with Crippen molar-refractivity contribution in [2.75, 3.05) is 13.2 Å². The summed E-state index contributed by atoms with van der Waals surface area (Å²) in [6.45, 7) is 3.67. The maximum Gasteiger partial charge on any atom is 0.411 e. The number of non-ortho nitro benzene ring substituents is 1. The SMILES string of the molecule is CC(C)CC(CO)[C@]1(C(N)=O)C[C@H](S)CN1C(=O)OCc1ccc([N+](=O)[O-])cc1. The van der Waals surface area contributed by atoms with Crippen LogP contribution in [-0.2, 0) is 16.1 Å². The molecule has 0 aromatic heterocycles. The number of thiol groups is 1. The maximum atomic E-state index is 12.8. The molecule has 1 aromatic carbocycles. The third-order valence-electron chi connectivity index (χ3n) is 5.23. The number of nitro benzene ring substituents is 1. The summed E-state index contributed by atoms with van der Waals surface area (Å²) < 4.78 is 5.36. The molecule has 10 heteroatoms. The number of likely N-dealkylation sites (tertiary alicyclic amines) is 1. The van der Waals surface area contributed by atoms with E-state index < -0.39 is 28.4 Å². The summed E-state index contributed by atoms with van der Waals surface area (Å²) in [4.78, 5) is 36.8. The Labute approximate surface area is 174 Å². The highest BCUT2D eigenvalue weighted by Crippen LogP contribution is 2.41. The van der Waals surface area contributed by atoms with Gasteiger partial charge < -0.3 is 15.6 Å². The molecule has 1 aliphatic rings. The van der Waals surface area contributed by atoms with Gasteiger partial charge in [0.15, 0.2) is 0 Å². The van der Waals surface area contributed by atoms with Crippen LogP contribution in [0.25, 0.3) is 0 Å². The predicted octanol–water partition coefficient (Wildman–Crippen LogP) is 2.11. The van der Waals surface area contributed by atoms with E-state index in [2.05, 4.69) is 12.6 Å². The van der Waals surface area contributed by atoms with Gasteiger partial charge in [0.1, 0.15) is 12.1 Å². The Balaban J connectivity index is 2.20. The van der Waals surface area contributed by atoms with Gasteiger partial charge in [-0.15, -0.1) is 0 Å². The Hall–Kier alpha value is -2.33. The number of aliphatic hydroxyl groups excluding tert-OH is 1. The fourth-order valence-corrected chi connectivity index (χ4v) is 4.33. The summed E-state index contributed by atoms with van der Waals surface area (Å²) in [5.74, 6) is -1.05. The van der Waals surface area contributed by atoms with Gasteiger partial charge in [0, 0.05) is 36.5 Å². The Morgan fingerprint density at radius 3 is 2.52 bits per heavy atom. The molecule has 1 saturated heterocycles. The number of carbonyl (C=O) groups is 2. The minimum Gasteiger partial charge on any atom is -0.445 e. The maximum absolute atomic E-state index is 12.8. The van der Waals surface area contributed by atoms with Crippen LogP contribution < -0.4 is 5.73 Å². The molecular weight excluding hydrogens is 398 g/mol. The number of nitrogens with two attached hydrogens (primary N) is 1. The fourth-order valence-electron chi connectivity index (χ4n) is 3.89. The van der Waals surface area contributed by atoms with Crippen molar-refractivity contribution in [2.45, 2.75) is 44.1 Å². The van der Waals surface area contributed by atoms with Gasteiger partial charge in [0.25, 0.3) is 5.69 Å². The van der Waals surface area contributed by atoms with Crippen molar-refractivity contribution in [3.8, 4) is 0 Å². The lowest BCUT2D eigenvalue weighted by Gasteiger charge is -2.41. The molecule has 1 aliphatic heterocycles. The number of nitrogens with zero attached hydrogens (tertiary/aromatic N) is 2. The summed E-state index contributed by atoms with van der Waals surface area (Å²) in [6.07, 6.45) is 0.00292. The fraction of sp³-hybridized carbons (Fsp3) is 0.579. The Morgan fingerprint density at radius 2 is 2.03 bits per heavy atom. The van der Waals surface area contributed by atoms with Crippen LogP contribution in [0, 0.1) is 22.0 Å². The lowest BCUT2D eigenvalue weighted by molar-refractivity contribution is -0.384. The van der Waals surface area contributed by atoms with E-state index in [1.54, 1.807) is 0 Å². The number of hydrogen-bond donors (Lipinski definition) is 3. The van der Waals surface area contributed by atoms with E-state index in [-0.39, 0.29) is 43.0 Å². The van der Waals surface area contributed by atoms with Gasteiger partial charge in [-0.1, -0.05) is 13.8 Å². The van der Waals surface area contributed by atoms with E-state index in [1.807, 2.05) is 13.8 Å². The molecule has 2 amide bonds. The highest BCUT2D eigenvalue weighted by Gasteiger charge is 2.56. The summed E-state index contributed by atoms with van der Waals surface area (Å²) >= 11 is 4.44. The van der Waals surface area contributed by atoms with Gasteiger partial charge in [-0.25, -0.2) is 4.79 Å². The van der Waals surface area contributed by atoms with Crippen molar-refractivity contribution in [1.29, 1.82) is 0 Å². The first-order valence-electron chi connectivity index (χ1n) is 9.38. The Kier molecular flexibility index (Phi) is 7.48. The van der Waals surface area contributed by atoms with Crippen LogP contribution in [0.4, 0.5) is 10.5 Å². The molecule has 0 spiro atoms. The van der Waals surface area contributed by atoms with Crippen molar-refractivity contribution in [3.63, 3.8) is 0 Å². The lowest BCUT2D eigenvalue weighted by atomic mass is 9.77. The van der Waals surface area contributed by atoms with E-state index in [1.165, 1.54) is 29.2 Å². The van der Waals surface area contributed by atoms with Gasteiger partial charge >= 0.3 is 6.09 Å². The van der Waals surface area contributed by atoms with Crippen LogP contribution in [-0.4, -0.2) is 50.9 Å². The number of aliphatic hydroxyl groups is 1. The molecule has 1 fully saturated rings. The molecule has 160 valence electrons. The van der Waals surface area contributed by atoms with Crippen molar-refractivity contribution in [3.05, 3.63) is 39.9 Å². The van der Waals surface area contributed by atoms with Crippen molar-refractivity contribution in [1.82, 2.24) is 4.90 Å². The quantitative estimate of drug-likeness (QED) is 0.332. The number of hydrogen-bond acceptors (Lipinski definition) is 7. The zero-order valence-electron chi connectivity index (χ0n) is 16.5. The van der Waals surface area contributed by atoms with Crippen LogP contribution in [0.5, 0.6) is 0 Å². The number of benzene rings is 1. The molecule has 0 aliphatic carbocycles. The largest absolute Gasteiger partial charge is 0.445 e. The van der Waals surface area contributed by atoms with Gasteiger partial charge in [-0.05, 0) is 36.5 Å². The van der Waals surface area contributed by atoms with Gasteiger partial charge in [-0.3, -0.25) is 19.8 Å². The third-order valence-corrected chi connectivity index (χ3v) is 5.58. The van der Waals surface area contributed by atoms with Crippen molar-refractivity contribution in [2.24, 2.45) is 17.6 Å². The zero-order valence-corrected chi connectivity index (χ0v) is 17.4. The second kappa shape index (κ2) is 9.45. The van der Waals surface area contributed by atoms with E-state index in [0.29, 0.717) is 12.0 Å². The molecule has 1 unspecified atom stereocenters. The zero-order chi connectivity index (χ0) is 21.8. The van der Waals surface area contributed by atoms with Crippen molar-refractivity contribution >= 4 is 30.3 Å². The first-order chi connectivity index (χ1) is 13.6. The second-order valence-electron chi connectivity index (χ2n) is 7.74. The molecule has 1 aromatic rings. The molecule has 3 atom stereocenters. The molecule has 3 N–H and O–H groups in total. The molecule has 29 heavy (non-hydrogen) atoms. The highest BCUT2D eigenvalue weighted by molar-refractivity contribution is 7.81. The van der Waals surface area contributed by atoms with E-state index >= 15 is 0 Å². The monoisotopic (exact) mass is 425 g/mol. The van der Waals surface area contributed by atoms with Crippen molar-refractivity contribution < 1.29 is 24.4 Å². The minimum atomic E-state index is -1.38. The summed E-state index contributed by atoms with van der Waals surface area (Å²) in [6, 6.07) is 5.63. The summed E-state index contributed by atoms with van der Waals surface area (Å²) in [7, 11) is 0. The normalized spacial score (nSPS) is 22.5. The predicted molar refractivity (Wildman–Crippen MR) is 109 cm³/mol. The standard InChI is InChI=1S/C19H27N3O6S/c1-12(2)7-14(10-23)19(17(20)24)8-16(29)9-21(19)18(25)28-11-13-3-5-15(6-4-13)22(26)27/h3-6,12,14,16,23,29H,7-11H2,1-2H3,(H2,20,24)/t14?,16-,19-/m0/s1. The number of carbonyl (C=O) groups excluding carboxylic acids is 2. The van der Waals surface area contributed by atoms with E-state index in [0.717, 1.165) is 0 Å². The van der Waals surface area contributed by atoms with Gasteiger partial charge in [0.05, 0.1) is 4.92 Å². The smallest absolute Gasteiger partial charge is 0.411 e. The van der Waals surface area contributed by atoms with Crippen LogP contribution in [0.1, 0.15) is 32.3 Å². The number of primary amides is 1. The van der Waals surface area contributed by atoms with Crippen LogP contribution >= 0.6 is 12.6 Å². The first kappa shape index (κ1) is 23.0. The number of amides is 2. The van der Waals surface area contributed by atoms with E-state index in [9.17, 15) is 24.8 Å². The molecular formula is C19H27N3O6S. The average molecular weight is 426 g/mol. The number of ether oxygens (including phenoxy) is 1. The summed E-state index contributed by atoms with van der Waals surface area (Å²) in [5, 5.41) is 20.4. The topological polar surface area (TPSA) is 136 Å². The molecule has 2 rings (SSSR count). The minimum absolute atomic E-state index is 0.0650.